The molecule has 0 bridgehead atoms. The van der Waals surface area contributed by atoms with Crippen molar-refractivity contribution in [1.29, 1.82) is 0 Å². The number of nitrogens with zero attached hydrogens (tertiary/aromatic N) is 3. The molecule has 1 aliphatic rings. The van der Waals surface area contributed by atoms with E-state index in [1.807, 2.05) is 11.0 Å². The van der Waals surface area contributed by atoms with Crippen LogP contribution < -0.4 is 5.56 Å². The minimum Gasteiger partial charge on any atom is -0.452 e. The van der Waals surface area contributed by atoms with Crippen LogP contribution in [-0.2, 0) is 20.9 Å². The first kappa shape index (κ1) is 21.5. The summed E-state index contributed by atoms with van der Waals surface area (Å²) < 4.78 is 7.53. The van der Waals surface area contributed by atoms with Gasteiger partial charge in [-0.05, 0) is 50.8 Å². The van der Waals surface area contributed by atoms with Gasteiger partial charge in [0.1, 0.15) is 0 Å². The molecule has 1 fully saturated rings. The van der Waals surface area contributed by atoms with Gasteiger partial charge in [-0.15, -0.1) is 0 Å². The summed E-state index contributed by atoms with van der Waals surface area (Å²) in [4.78, 5) is 43.6. The Hall–Kier alpha value is -2.22. The number of piperidine rings is 1. The van der Waals surface area contributed by atoms with Crippen molar-refractivity contribution in [1.82, 2.24) is 14.5 Å². The molecule has 3 rings (SSSR count). The second-order valence-electron chi connectivity index (χ2n) is 7.38. The topological polar surface area (TPSA) is 81.5 Å². The van der Waals surface area contributed by atoms with Crippen molar-refractivity contribution in [2.75, 3.05) is 6.54 Å². The van der Waals surface area contributed by atoms with Crippen LogP contribution in [0.15, 0.2) is 33.8 Å². The van der Waals surface area contributed by atoms with Crippen LogP contribution in [0.1, 0.15) is 46.0 Å². The van der Waals surface area contributed by atoms with Gasteiger partial charge in [-0.25, -0.2) is 4.98 Å². The SMILES string of the molecule is CCC1CCCCN1C(=O)C(C)OC(=O)CCn1cnc2ccc(Br)cc2c1=O. The summed E-state index contributed by atoms with van der Waals surface area (Å²) in [5.41, 5.74) is 0.385. The van der Waals surface area contributed by atoms with Crippen molar-refractivity contribution in [2.24, 2.45) is 0 Å². The van der Waals surface area contributed by atoms with Crippen molar-refractivity contribution >= 4 is 38.7 Å². The normalized spacial score (nSPS) is 17.9. The Labute approximate surface area is 178 Å². The first-order valence-corrected chi connectivity index (χ1v) is 10.8. The van der Waals surface area contributed by atoms with Crippen molar-refractivity contribution in [3.8, 4) is 0 Å². The quantitative estimate of drug-likeness (QED) is 0.613. The average molecular weight is 464 g/mol. The lowest BCUT2D eigenvalue weighted by Crippen LogP contribution is -2.48. The lowest BCUT2D eigenvalue weighted by molar-refractivity contribution is -0.161. The standard InChI is InChI=1S/C21H26BrN3O4/c1-3-16-6-4-5-10-25(16)20(27)14(2)29-19(26)9-11-24-13-23-18-8-7-15(22)12-17(18)21(24)28/h7-8,12-14,16H,3-6,9-11H2,1-2H3. The van der Waals surface area contributed by atoms with Crippen LogP contribution in [0.3, 0.4) is 0 Å². The summed E-state index contributed by atoms with van der Waals surface area (Å²) in [7, 11) is 0. The number of fused-ring (bicyclic) bond motifs is 1. The van der Waals surface area contributed by atoms with Crippen LogP contribution in [0.5, 0.6) is 0 Å². The zero-order valence-corrected chi connectivity index (χ0v) is 18.4. The van der Waals surface area contributed by atoms with Gasteiger partial charge >= 0.3 is 5.97 Å². The maximum atomic E-state index is 12.7. The van der Waals surface area contributed by atoms with Gasteiger partial charge in [-0.1, -0.05) is 22.9 Å². The molecule has 29 heavy (non-hydrogen) atoms. The molecule has 1 aromatic carbocycles. The zero-order chi connectivity index (χ0) is 21.0. The maximum Gasteiger partial charge on any atom is 0.308 e. The molecular weight excluding hydrogens is 438 g/mol. The summed E-state index contributed by atoms with van der Waals surface area (Å²) in [5.74, 6) is -0.642. The van der Waals surface area contributed by atoms with E-state index in [0.29, 0.717) is 17.4 Å². The van der Waals surface area contributed by atoms with Crippen molar-refractivity contribution < 1.29 is 14.3 Å². The van der Waals surface area contributed by atoms with Crippen LogP contribution in [0.2, 0.25) is 0 Å². The van der Waals surface area contributed by atoms with E-state index in [2.05, 4.69) is 27.8 Å². The molecule has 1 amide bonds. The minimum atomic E-state index is -0.822. The van der Waals surface area contributed by atoms with Gasteiger partial charge < -0.3 is 9.64 Å². The molecule has 0 aliphatic carbocycles. The highest BCUT2D eigenvalue weighted by Crippen LogP contribution is 2.21. The molecule has 2 heterocycles. The summed E-state index contributed by atoms with van der Waals surface area (Å²) in [6, 6.07) is 5.51. The highest BCUT2D eigenvalue weighted by molar-refractivity contribution is 9.10. The van der Waals surface area contributed by atoms with Crippen molar-refractivity contribution in [3.05, 3.63) is 39.4 Å². The van der Waals surface area contributed by atoms with Crippen molar-refractivity contribution in [2.45, 2.75) is 64.6 Å². The molecule has 2 aromatic rings. The van der Waals surface area contributed by atoms with Crippen LogP contribution in [0.25, 0.3) is 10.9 Å². The van der Waals surface area contributed by atoms with E-state index >= 15 is 0 Å². The third kappa shape index (κ3) is 5.04. The molecule has 0 radical (unpaired) electrons. The summed E-state index contributed by atoms with van der Waals surface area (Å²) in [6.45, 7) is 4.55. The number of carbonyl (C=O) groups excluding carboxylic acids is 2. The fourth-order valence-corrected chi connectivity index (χ4v) is 4.12. The fourth-order valence-electron chi connectivity index (χ4n) is 3.76. The number of carbonyl (C=O) groups is 2. The predicted molar refractivity (Wildman–Crippen MR) is 114 cm³/mol. The number of esters is 1. The third-order valence-corrected chi connectivity index (χ3v) is 5.87. The van der Waals surface area contributed by atoms with Gasteiger partial charge in [0, 0.05) is 23.6 Å². The Balaban J connectivity index is 1.59. The average Bonchev–Trinajstić information content (AvgIpc) is 2.73. The molecule has 0 N–H and O–H groups in total. The van der Waals surface area contributed by atoms with E-state index in [1.54, 1.807) is 19.1 Å². The zero-order valence-electron chi connectivity index (χ0n) is 16.8. The van der Waals surface area contributed by atoms with Gasteiger partial charge in [-0.2, -0.15) is 0 Å². The number of hydrogen-bond acceptors (Lipinski definition) is 5. The second-order valence-corrected chi connectivity index (χ2v) is 8.29. The van der Waals surface area contributed by atoms with Crippen LogP contribution >= 0.6 is 15.9 Å². The van der Waals surface area contributed by atoms with Gasteiger partial charge in [0.15, 0.2) is 6.10 Å². The number of halogens is 1. The van der Waals surface area contributed by atoms with Crippen LogP contribution in [0, 0.1) is 0 Å². The largest absolute Gasteiger partial charge is 0.452 e. The smallest absolute Gasteiger partial charge is 0.308 e. The van der Waals surface area contributed by atoms with Gasteiger partial charge in [0.2, 0.25) is 0 Å². The van der Waals surface area contributed by atoms with E-state index in [-0.39, 0.29) is 30.5 Å². The van der Waals surface area contributed by atoms with E-state index < -0.39 is 12.1 Å². The molecule has 1 saturated heterocycles. The predicted octanol–water partition coefficient (Wildman–Crippen LogP) is 3.27. The lowest BCUT2D eigenvalue weighted by atomic mass is 9.99. The van der Waals surface area contributed by atoms with Gasteiger partial charge in [0.25, 0.3) is 11.5 Å². The third-order valence-electron chi connectivity index (χ3n) is 5.38. The first-order valence-electron chi connectivity index (χ1n) is 10.1. The Morgan fingerprint density at radius 3 is 2.90 bits per heavy atom. The van der Waals surface area contributed by atoms with E-state index in [9.17, 15) is 14.4 Å². The molecule has 1 aliphatic heterocycles. The highest BCUT2D eigenvalue weighted by Gasteiger charge is 2.30. The van der Waals surface area contributed by atoms with Crippen LogP contribution in [0.4, 0.5) is 0 Å². The number of ether oxygens (including phenoxy) is 1. The number of benzene rings is 1. The molecule has 2 unspecified atom stereocenters. The number of aromatic nitrogens is 2. The number of likely N-dealkylation sites (tertiary alicyclic amines) is 1. The Morgan fingerprint density at radius 1 is 1.34 bits per heavy atom. The molecule has 156 valence electrons. The molecule has 2 atom stereocenters. The Bertz CT molecular complexity index is 959. The number of hydrogen-bond donors (Lipinski definition) is 0. The number of amides is 1. The Kier molecular flexibility index (Phi) is 7.05. The second kappa shape index (κ2) is 9.52. The number of rotatable bonds is 6. The van der Waals surface area contributed by atoms with E-state index in [1.165, 1.54) is 10.9 Å². The summed E-state index contributed by atoms with van der Waals surface area (Å²) in [6.07, 6.45) is 4.61. The minimum absolute atomic E-state index is 0.00404. The highest BCUT2D eigenvalue weighted by atomic mass is 79.9. The van der Waals surface area contributed by atoms with Crippen molar-refractivity contribution in [3.63, 3.8) is 0 Å². The number of aryl methyl sites for hydroxylation is 1. The summed E-state index contributed by atoms with van der Waals surface area (Å²) >= 11 is 3.35. The lowest BCUT2D eigenvalue weighted by Gasteiger charge is -2.36. The fraction of sp³-hybridized carbons (Fsp3) is 0.524. The summed E-state index contributed by atoms with van der Waals surface area (Å²) in [5, 5.41) is 0.481. The molecule has 0 saturated carbocycles. The molecular formula is C21H26BrN3O4. The molecule has 8 heteroatoms. The molecule has 0 spiro atoms. The van der Waals surface area contributed by atoms with Crippen LogP contribution in [-0.4, -0.2) is 45.0 Å². The van der Waals surface area contributed by atoms with Gasteiger partial charge in [-0.3, -0.25) is 19.0 Å². The maximum absolute atomic E-state index is 12.7. The Morgan fingerprint density at radius 2 is 2.14 bits per heavy atom. The van der Waals surface area contributed by atoms with E-state index in [0.717, 1.165) is 30.2 Å². The molecule has 7 nitrogen and oxygen atoms in total. The van der Waals surface area contributed by atoms with Gasteiger partial charge in [0.05, 0.1) is 23.7 Å². The first-order chi connectivity index (χ1) is 13.9. The molecule has 1 aromatic heterocycles. The monoisotopic (exact) mass is 463 g/mol. The van der Waals surface area contributed by atoms with E-state index in [4.69, 9.17) is 4.74 Å².